The van der Waals surface area contributed by atoms with E-state index in [1.807, 2.05) is 19.9 Å². The largest absolute Gasteiger partial charge is 0.330 e. The molecule has 16 heavy (non-hydrogen) atoms. The number of rotatable bonds is 4. The van der Waals surface area contributed by atoms with Crippen molar-refractivity contribution in [3.63, 3.8) is 0 Å². The Balaban J connectivity index is 3.30. The summed E-state index contributed by atoms with van der Waals surface area (Å²) in [5, 5.41) is -0.109. The van der Waals surface area contributed by atoms with Crippen molar-refractivity contribution in [3.8, 4) is 0 Å². The molecule has 0 aliphatic heterocycles. The van der Waals surface area contributed by atoms with Crippen molar-refractivity contribution >= 4 is 9.84 Å². The molecule has 90 valence electrons. The Morgan fingerprint density at radius 1 is 1.38 bits per heavy atom. The summed E-state index contributed by atoms with van der Waals surface area (Å²) >= 11 is 0. The van der Waals surface area contributed by atoms with E-state index < -0.39 is 9.84 Å². The van der Waals surface area contributed by atoms with E-state index in [0.717, 1.165) is 11.9 Å². The number of nitrogens with zero attached hydrogens (tertiary/aromatic N) is 2. The van der Waals surface area contributed by atoms with Crippen molar-refractivity contribution in [1.82, 2.24) is 9.97 Å². The molecular weight excluding hydrogens is 226 g/mol. The zero-order valence-electron chi connectivity index (χ0n) is 9.77. The maximum atomic E-state index is 11.4. The Bertz CT molecular complexity index is 469. The quantitative estimate of drug-likeness (QED) is 0.778. The lowest BCUT2D eigenvalue weighted by Gasteiger charge is -2.08. The van der Waals surface area contributed by atoms with Crippen LogP contribution in [0.25, 0.3) is 0 Å². The highest BCUT2D eigenvalue weighted by Gasteiger charge is 2.15. The van der Waals surface area contributed by atoms with E-state index >= 15 is 0 Å². The van der Waals surface area contributed by atoms with E-state index in [9.17, 15) is 8.42 Å². The molecule has 0 saturated carbocycles. The van der Waals surface area contributed by atoms with Gasteiger partial charge in [0.25, 0.3) is 0 Å². The first kappa shape index (κ1) is 13.1. The molecular formula is C10H17N3O2S. The number of hydrogen-bond acceptors (Lipinski definition) is 5. The van der Waals surface area contributed by atoms with E-state index in [-0.39, 0.29) is 11.1 Å². The summed E-state index contributed by atoms with van der Waals surface area (Å²) in [6.45, 7) is 4.36. The van der Waals surface area contributed by atoms with E-state index in [1.54, 1.807) is 0 Å². The lowest BCUT2D eigenvalue weighted by Crippen LogP contribution is -2.12. The van der Waals surface area contributed by atoms with Gasteiger partial charge in [-0.25, -0.2) is 18.4 Å². The molecule has 6 heteroatoms. The first-order valence-electron chi connectivity index (χ1n) is 5.12. The highest BCUT2D eigenvalue weighted by atomic mass is 32.2. The normalized spacial score (nSPS) is 12.1. The SMILES string of the molecule is CC(C)c1cc(CCN)nc(S(C)(=O)=O)n1. The molecule has 0 atom stereocenters. The number of hydrogen-bond donors (Lipinski definition) is 1. The molecule has 0 amide bonds. The van der Waals surface area contributed by atoms with E-state index in [1.165, 1.54) is 0 Å². The molecule has 0 unspecified atom stereocenters. The van der Waals surface area contributed by atoms with Crippen molar-refractivity contribution in [1.29, 1.82) is 0 Å². The Morgan fingerprint density at radius 2 is 2.00 bits per heavy atom. The zero-order valence-corrected chi connectivity index (χ0v) is 10.6. The van der Waals surface area contributed by atoms with Crippen molar-refractivity contribution in [2.24, 2.45) is 5.73 Å². The Hall–Kier alpha value is -1.01. The topological polar surface area (TPSA) is 85.9 Å². The van der Waals surface area contributed by atoms with Gasteiger partial charge >= 0.3 is 0 Å². The molecule has 1 heterocycles. The fourth-order valence-electron chi connectivity index (χ4n) is 1.23. The summed E-state index contributed by atoms with van der Waals surface area (Å²) in [5.74, 6) is 0.167. The molecule has 2 N–H and O–H groups in total. The van der Waals surface area contributed by atoms with E-state index in [4.69, 9.17) is 5.73 Å². The maximum Gasteiger partial charge on any atom is 0.247 e. The molecule has 0 saturated heterocycles. The monoisotopic (exact) mass is 243 g/mol. The highest BCUT2D eigenvalue weighted by molar-refractivity contribution is 7.90. The lowest BCUT2D eigenvalue weighted by atomic mass is 10.1. The number of sulfone groups is 1. The molecule has 1 aromatic rings. The van der Waals surface area contributed by atoms with Gasteiger partial charge in [0.15, 0.2) is 0 Å². The number of aromatic nitrogens is 2. The van der Waals surface area contributed by atoms with Crippen LogP contribution in [-0.2, 0) is 16.3 Å². The summed E-state index contributed by atoms with van der Waals surface area (Å²) in [6, 6.07) is 1.81. The van der Waals surface area contributed by atoms with Gasteiger partial charge in [0.1, 0.15) is 0 Å². The molecule has 5 nitrogen and oxygen atoms in total. The predicted molar refractivity (Wildman–Crippen MR) is 62.0 cm³/mol. The zero-order chi connectivity index (χ0) is 12.3. The van der Waals surface area contributed by atoms with Crippen molar-refractivity contribution in [2.75, 3.05) is 12.8 Å². The standard InChI is InChI=1S/C10H17N3O2S/c1-7(2)9-6-8(4-5-11)12-10(13-9)16(3,14)15/h6-7H,4-5,11H2,1-3H3. The summed E-state index contributed by atoms with van der Waals surface area (Å²) in [7, 11) is -3.36. The lowest BCUT2D eigenvalue weighted by molar-refractivity contribution is 0.589. The Kier molecular flexibility index (Phi) is 3.98. The van der Waals surface area contributed by atoms with Crippen LogP contribution in [0.15, 0.2) is 11.2 Å². The first-order chi connectivity index (χ1) is 7.34. The smallest absolute Gasteiger partial charge is 0.247 e. The molecule has 0 radical (unpaired) electrons. The molecule has 1 rings (SSSR count). The molecule has 1 aromatic heterocycles. The van der Waals surface area contributed by atoms with Gasteiger partial charge in [0.2, 0.25) is 15.0 Å². The first-order valence-corrected chi connectivity index (χ1v) is 7.01. The van der Waals surface area contributed by atoms with Crippen LogP contribution in [0.5, 0.6) is 0 Å². The predicted octanol–water partition coefficient (Wildman–Crippen LogP) is 0.505. The molecule has 0 aliphatic carbocycles. The fourth-order valence-corrected chi connectivity index (χ4v) is 1.79. The van der Waals surface area contributed by atoms with Crippen LogP contribution in [-0.4, -0.2) is 31.2 Å². The molecule has 0 fully saturated rings. The van der Waals surface area contributed by atoms with E-state index in [0.29, 0.717) is 18.7 Å². The second kappa shape index (κ2) is 4.88. The third-order valence-electron chi connectivity index (χ3n) is 2.10. The maximum absolute atomic E-state index is 11.4. The van der Waals surface area contributed by atoms with Crippen LogP contribution in [0.2, 0.25) is 0 Å². The average Bonchev–Trinajstić information content (AvgIpc) is 2.16. The van der Waals surface area contributed by atoms with Gasteiger partial charge in [-0.1, -0.05) is 13.8 Å². The minimum Gasteiger partial charge on any atom is -0.330 e. The van der Waals surface area contributed by atoms with Crippen LogP contribution in [0.4, 0.5) is 0 Å². The third-order valence-corrected chi connectivity index (χ3v) is 2.95. The Labute approximate surface area is 96.0 Å². The minimum absolute atomic E-state index is 0.109. The van der Waals surface area contributed by atoms with Gasteiger partial charge in [0.05, 0.1) is 0 Å². The molecule has 0 aliphatic rings. The van der Waals surface area contributed by atoms with Gasteiger partial charge in [-0.2, -0.15) is 0 Å². The molecule has 0 aromatic carbocycles. The Morgan fingerprint density at radius 3 is 2.44 bits per heavy atom. The van der Waals surface area contributed by atoms with Gasteiger partial charge in [-0.15, -0.1) is 0 Å². The minimum atomic E-state index is -3.36. The molecule has 0 spiro atoms. The highest BCUT2D eigenvalue weighted by Crippen LogP contribution is 2.15. The van der Waals surface area contributed by atoms with E-state index in [2.05, 4.69) is 9.97 Å². The fraction of sp³-hybridized carbons (Fsp3) is 0.600. The van der Waals surface area contributed by atoms with Gasteiger partial charge in [0, 0.05) is 24.1 Å². The van der Waals surface area contributed by atoms with Crippen molar-refractivity contribution in [3.05, 3.63) is 17.5 Å². The van der Waals surface area contributed by atoms with Gasteiger partial charge in [-0.3, -0.25) is 0 Å². The second-order valence-electron chi connectivity index (χ2n) is 4.03. The van der Waals surface area contributed by atoms with Crippen molar-refractivity contribution < 1.29 is 8.42 Å². The average molecular weight is 243 g/mol. The van der Waals surface area contributed by atoms with Gasteiger partial charge in [-0.05, 0) is 18.5 Å². The van der Waals surface area contributed by atoms with Crippen molar-refractivity contribution in [2.45, 2.75) is 31.3 Å². The van der Waals surface area contributed by atoms with Crippen LogP contribution in [0.3, 0.4) is 0 Å². The summed E-state index contributed by atoms with van der Waals surface area (Å²) < 4.78 is 22.8. The molecule has 0 bridgehead atoms. The summed E-state index contributed by atoms with van der Waals surface area (Å²) in [5.41, 5.74) is 6.85. The number of nitrogens with two attached hydrogens (primary N) is 1. The second-order valence-corrected chi connectivity index (χ2v) is 5.94. The summed E-state index contributed by atoms with van der Waals surface area (Å²) in [6.07, 6.45) is 1.67. The van der Waals surface area contributed by atoms with Crippen LogP contribution < -0.4 is 5.73 Å². The third kappa shape index (κ3) is 3.24. The van der Waals surface area contributed by atoms with Crippen LogP contribution in [0.1, 0.15) is 31.2 Å². The van der Waals surface area contributed by atoms with Crippen LogP contribution >= 0.6 is 0 Å². The van der Waals surface area contributed by atoms with Gasteiger partial charge < -0.3 is 5.73 Å². The summed E-state index contributed by atoms with van der Waals surface area (Å²) in [4.78, 5) is 8.04. The van der Waals surface area contributed by atoms with Crippen LogP contribution in [0, 0.1) is 0 Å².